The Bertz CT molecular complexity index is 507. The number of H-pyrrole nitrogens is 1. The molecule has 1 aromatic heterocycles. The van der Waals surface area contributed by atoms with Crippen LogP contribution in [0.5, 0.6) is 0 Å². The van der Waals surface area contributed by atoms with Crippen LogP contribution in [0.4, 0.5) is 0 Å². The van der Waals surface area contributed by atoms with Gasteiger partial charge in [-0.1, -0.05) is 12.1 Å². The monoisotopic (exact) mass is 233 g/mol. The van der Waals surface area contributed by atoms with Gasteiger partial charge in [0.05, 0.1) is 23.8 Å². The third kappa shape index (κ3) is 2.27. The predicted molar refractivity (Wildman–Crippen MR) is 70.7 cm³/mol. The summed E-state index contributed by atoms with van der Waals surface area (Å²) >= 11 is 1.57. The maximum absolute atomic E-state index is 4.47. The quantitative estimate of drug-likeness (QED) is 0.464. The minimum absolute atomic E-state index is 0.754. The van der Waals surface area contributed by atoms with Crippen LogP contribution in [-0.4, -0.2) is 28.9 Å². The lowest BCUT2D eigenvalue weighted by Gasteiger charge is -1.91. The number of hydrogen-bond donors (Lipinski definition) is 2. The first-order valence-electron chi connectivity index (χ1n) is 4.91. The number of amidine groups is 1. The fourth-order valence-electron chi connectivity index (χ4n) is 1.41. The molecule has 5 heteroatoms. The van der Waals surface area contributed by atoms with Crippen LogP contribution in [0.2, 0.25) is 0 Å². The number of hydrogen-bond acceptors (Lipinski definition) is 2. The number of aromatic nitrogens is 2. The van der Waals surface area contributed by atoms with Gasteiger partial charge >= 0.3 is 5.17 Å². The number of thioether (sulfide) groups is 1. The summed E-state index contributed by atoms with van der Waals surface area (Å²) < 4.78 is 3.85. The Labute approximate surface area is 97.9 Å². The minimum atomic E-state index is 0.754. The van der Waals surface area contributed by atoms with Gasteiger partial charge < -0.3 is 4.98 Å². The molecule has 1 aromatic carbocycles. The normalized spacial score (nSPS) is 10.1. The summed E-state index contributed by atoms with van der Waals surface area (Å²) in [5.41, 5.74) is 2.06. The molecule has 0 saturated heterocycles. The van der Waals surface area contributed by atoms with Gasteiger partial charge in [0.15, 0.2) is 6.72 Å². The second-order valence-corrected chi connectivity index (χ2v) is 4.17. The predicted octanol–water partition coefficient (Wildman–Crippen LogP) is 1.14. The van der Waals surface area contributed by atoms with E-state index in [1.807, 2.05) is 31.3 Å². The Hall–Kier alpha value is -1.71. The number of rotatable bonds is 2. The van der Waals surface area contributed by atoms with Crippen molar-refractivity contribution in [2.45, 2.75) is 5.75 Å². The van der Waals surface area contributed by atoms with Gasteiger partial charge in [0.1, 0.15) is 5.82 Å². The molecule has 0 aliphatic rings. The molecule has 1 heterocycles. The van der Waals surface area contributed by atoms with E-state index in [0.29, 0.717) is 0 Å². The average Bonchev–Trinajstić information content (AvgIpc) is 2.73. The molecular weight excluding hydrogens is 220 g/mol. The van der Waals surface area contributed by atoms with E-state index in [-0.39, 0.29) is 0 Å². The summed E-state index contributed by atoms with van der Waals surface area (Å²) in [7, 11) is 1.83. The highest BCUT2D eigenvalue weighted by Gasteiger charge is 2.08. The zero-order valence-electron chi connectivity index (χ0n) is 9.03. The second-order valence-electron chi connectivity index (χ2n) is 3.20. The molecule has 4 nitrogen and oxygen atoms in total. The molecule has 0 bridgehead atoms. The molecular formula is C11H13N4S+. The molecule has 16 heavy (non-hydrogen) atoms. The van der Waals surface area contributed by atoms with Crippen LogP contribution < -0.4 is 9.98 Å². The van der Waals surface area contributed by atoms with Gasteiger partial charge in [0.25, 0.3) is 0 Å². The van der Waals surface area contributed by atoms with E-state index < -0.39 is 0 Å². The number of nitrogens with zero attached hydrogens (tertiary/aromatic N) is 2. The topological polar surface area (TPSA) is 54.8 Å². The van der Waals surface area contributed by atoms with E-state index in [1.54, 1.807) is 11.8 Å². The maximum atomic E-state index is 4.47. The Morgan fingerprint density at radius 1 is 1.56 bits per heavy atom. The van der Waals surface area contributed by atoms with Gasteiger partial charge in [0.2, 0.25) is 0 Å². The van der Waals surface area contributed by atoms with Crippen LogP contribution in [0.3, 0.4) is 0 Å². The van der Waals surface area contributed by atoms with Crippen LogP contribution in [-0.2, 0) is 5.75 Å². The largest absolute Gasteiger partial charge is 0.403 e. The summed E-state index contributed by atoms with van der Waals surface area (Å²) in [6.45, 7) is 3.49. The van der Waals surface area contributed by atoms with Crippen LogP contribution >= 0.6 is 11.8 Å². The lowest BCUT2D eigenvalue weighted by Crippen LogP contribution is -2.16. The molecule has 0 aliphatic heterocycles. The minimum Gasteiger partial charge on any atom is -0.341 e. The number of aromatic amines is 1. The van der Waals surface area contributed by atoms with E-state index in [9.17, 15) is 0 Å². The first kappa shape index (κ1) is 10.8. The Morgan fingerprint density at radius 3 is 3.06 bits per heavy atom. The third-order valence-corrected chi connectivity index (χ3v) is 3.17. The lowest BCUT2D eigenvalue weighted by molar-refractivity contribution is 1.14. The first-order valence-corrected chi connectivity index (χ1v) is 5.90. The number of nitrogens with one attached hydrogen (secondary N) is 2. The van der Waals surface area contributed by atoms with Crippen molar-refractivity contribution in [3.05, 3.63) is 30.1 Å². The molecule has 0 saturated carbocycles. The van der Waals surface area contributed by atoms with Crippen molar-refractivity contribution in [2.24, 2.45) is 0 Å². The van der Waals surface area contributed by atoms with Gasteiger partial charge in [-0.3, -0.25) is 5.32 Å². The molecule has 2 rings (SSSR count). The van der Waals surface area contributed by atoms with Gasteiger partial charge in [-0.2, -0.15) is 0 Å². The highest BCUT2D eigenvalue weighted by atomic mass is 32.2. The SMILES string of the molecule is C=[N+]=C(NC)SCc1nc2ccccc2[nH]1. The molecule has 2 aromatic rings. The van der Waals surface area contributed by atoms with Crippen molar-refractivity contribution < 1.29 is 0 Å². The summed E-state index contributed by atoms with van der Waals surface area (Å²) in [6, 6.07) is 7.99. The fraction of sp³-hybridized carbons (Fsp3) is 0.182. The van der Waals surface area contributed by atoms with Gasteiger partial charge in [-0.05, 0) is 23.9 Å². The molecule has 0 amide bonds. The van der Waals surface area contributed by atoms with Gasteiger partial charge in [0, 0.05) is 0 Å². The maximum Gasteiger partial charge on any atom is 0.403 e. The zero-order chi connectivity index (χ0) is 11.4. The summed E-state index contributed by atoms with van der Waals surface area (Å²) in [5, 5.41) is 3.77. The van der Waals surface area contributed by atoms with E-state index in [0.717, 1.165) is 27.8 Å². The van der Waals surface area contributed by atoms with Gasteiger partial charge in [-0.15, -0.1) is 0 Å². The van der Waals surface area contributed by atoms with E-state index in [2.05, 4.69) is 26.7 Å². The van der Waals surface area contributed by atoms with Crippen molar-refractivity contribution in [1.82, 2.24) is 20.0 Å². The molecule has 0 unspecified atom stereocenters. The smallest absolute Gasteiger partial charge is 0.341 e. The van der Waals surface area contributed by atoms with Crippen LogP contribution in [0, 0.1) is 0 Å². The van der Waals surface area contributed by atoms with Gasteiger partial charge in [-0.25, -0.2) is 9.65 Å². The molecule has 0 spiro atoms. The molecule has 0 fully saturated rings. The number of imidazole rings is 1. The van der Waals surface area contributed by atoms with Crippen molar-refractivity contribution in [3.63, 3.8) is 0 Å². The van der Waals surface area contributed by atoms with Crippen LogP contribution in [0.15, 0.2) is 24.3 Å². The summed E-state index contributed by atoms with van der Waals surface area (Å²) in [5.74, 6) is 1.70. The molecule has 2 N–H and O–H groups in total. The van der Waals surface area contributed by atoms with Crippen LogP contribution in [0.1, 0.15) is 5.82 Å². The van der Waals surface area contributed by atoms with Crippen molar-refractivity contribution in [3.8, 4) is 0 Å². The highest BCUT2D eigenvalue weighted by Crippen LogP contribution is 2.14. The third-order valence-electron chi connectivity index (χ3n) is 2.14. The van der Waals surface area contributed by atoms with E-state index >= 15 is 0 Å². The standard InChI is InChI=1S/C11H12N4S/c1-12-11(13-2)16-7-10-14-8-5-3-4-6-9(8)15-10/h3-6H,1,7H2,2H3,(H,14,15)/p+1. The summed E-state index contributed by atoms with van der Waals surface area (Å²) in [6.07, 6.45) is 0. The van der Waals surface area contributed by atoms with E-state index in [1.165, 1.54) is 0 Å². The van der Waals surface area contributed by atoms with E-state index in [4.69, 9.17) is 0 Å². The van der Waals surface area contributed by atoms with Crippen molar-refractivity contribution in [2.75, 3.05) is 7.05 Å². The molecule has 0 aliphatic carbocycles. The zero-order valence-corrected chi connectivity index (χ0v) is 9.84. The molecule has 0 radical (unpaired) electrons. The number of fused-ring (bicyclic) bond motifs is 1. The Kier molecular flexibility index (Phi) is 3.29. The van der Waals surface area contributed by atoms with Crippen molar-refractivity contribution >= 4 is 34.7 Å². The first-order chi connectivity index (χ1) is 7.83. The molecule has 0 atom stereocenters. The summed E-state index contributed by atoms with van der Waals surface area (Å²) in [4.78, 5) is 7.74. The fourth-order valence-corrected chi connectivity index (χ4v) is 2.05. The Balaban J connectivity index is 2.13. The number of benzene rings is 1. The average molecular weight is 233 g/mol. The number of para-hydroxylation sites is 2. The highest BCUT2D eigenvalue weighted by molar-refractivity contribution is 8.13. The lowest BCUT2D eigenvalue weighted by atomic mass is 10.3. The second kappa shape index (κ2) is 4.88. The molecule has 82 valence electrons. The Morgan fingerprint density at radius 2 is 2.38 bits per heavy atom. The van der Waals surface area contributed by atoms with Crippen molar-refractivity contribution in [1.29, 1.82) is 0 Å². The van der Waals surface area contributed by atoms with Crippen LogP contribution in [0.25, 0.3) is 11.0 Å².